The minimum absolute atomic E-state index is 0.0404. The molecule has 2 atom stereocenters. The minimum atomic E-state index is -2.95. The summed E-state index contributed by atoms with van der Waals surface area (Å²) in [6, 6.07) is 4.02. The van der Waals surface area contributed by atoms with Crippen LogP contribution in [0.25, 0.3) is 0 Å². The van der Waals surface area contributed by atoms with Crippen LogP contribution in [0.1, 0.15) is 34.3 Å². The highest BCUT2D eigenvalue weighted by Gasteiger charge is 2.31. The molecule has 0 aromatic carbocycles. The summed E-state index contributed by atoms with van der Waals surface area (Å²) in [5.74, 6) is 0.449. The number of likely N-dealkylation sites (N-methyl/N-ethyl adjacent to an activating group) is 1. The molecule has 0 spiro atoms. The zero-order valence-corrected chi connectivity index (χ0v) is 18.3. The second-order valence-corrected chi connectivity index (χ2v) is 10.9. The SMILES string of the molecule is Cc1nn([C@@H]2CCS(=O)(=O)C2)c(C)c1C[NH+](C)CC(=O)NCCc1cccs1. The first kappa shape index (κ1) is 21.0. The summed E-state index contributed by atoms with van der Waals surface area (Å²) >= 11 is 1.70. The fraction of sp³-hybridized carbons (Fsp3) is 0.579. The van der Waals surface area contributed by atoms with Crippen LogP contribution in [0.3, 0.4) is 0 Å². The predicted octanol–water partition coefficient (Wildman–Crippen LogP) is 0.295. The first-order valence-corrected chi connectivity index (χ1v) is 12.3. The van der Waals surface area contributed by atoms with E-state index < -0.39 is 9.84 Å². The molecule has 0 radical (unpaired) electrons. The van der Waals surface area contributed by atoms with Crippen molar-refractivity contribution in [1.29, 1.82) is 0 Å². The topological polar surface area (TPSA) is 85.5 Å². The van der Waals surface area contributed by atoms with Crippen molar-refractivity contribution in [3.8, 4) is 0 Å². The average Bonchev–Trinajstić information content (AvgIpc) is 3.31. The van der Waals surface area contributed by atoms with Crippen LogP contribution in [0, 0.1) is 13.8 Å². The van der Waals surface area contributed by atoms with Crippen molar-refractivity contribution in [2.45, 2.75) is 39.3 Å². The second-order valence-electron chi connectivity index (χ2n) is 7.64. The zero-order valence-electron chi connectivity index (χ0n) is 16.7. The first-order chi connectivity index (χ1) is 13.2. The minimum Gasteiger partial charge on any atom is -0.351 e. The molecule has 1 aliphatic rings. The Kier molecular flexibility index (Phi) is 6.57. The number of hydrogen-bond donors (Lipinski definition) is 2. The van der Waals surface area contributed by atoms with Crippen molar-refractivity contribution in [1.82, 2.24) is 15.1 Å². The molecule has 9 heteroatoms. The lowest BCUT2D eigenvalue weighted by Crippen LogP contribution is -3.09. The van der Waals surface area contributed by atoms with Gasteiger partial charge in [-0.05, 0) is 38.1 Å². The Hall–Kier alpha value is -1.71. The summed E-state index contributed by atoms with van der Waals surface area (Å²) in [7, 11) is -0.951. The van der Waals surface area contributed by atoms with Gasteiger partial charge in [-0.2, -0.15) is 5.10 Å². The Morgan fingerprint density at radius 3 is 2.86 bits per heavy atom. The van der Waals surface area contributed by atoms with Gasteiger partial charge in [0.15, 0.2) is 16.4 Å². The molecule has 154 valence electrons. The molecule has 1 fully saturated rings. The molecule has 1 amide bonds. The van der Waals surface area contributed by atoms with Gasteiger partial charge in [-0.3, -0.25) is 9.48 Å². The van der Waals surface area contributed by atoms with Crippen LogP contribution >= 0.6 is 11.3 Å². The van der Waals surface area contributed by atoms with Crippen molar-refractivity contribution in [3.05, 3.63) is 39.3 Å². The average molecular weight is 426 g/mol. The number of carbonyl (C=O) groups is 1. The Bertz CT molecular complexity index is 919. The maximum atomic E-state index is 12.2. The second kappa shape index (κ2) is 8.75. The number of nitrogens with one attached hydrogen (secondary N) is 2. The highest BCUT2D eigenvalue weighted by Crippen LogP contribution is 2.26. The van der Waals surface area contributed by atoms with Crippen LogP contribution in [0.15, 0.2) is 17.5 Å². The Balaban J connectivity index is 1.53. The molecular formula is C19H29N4O3S2+. The number of amides is 1. The van der Waals surface area contributed by atoms with E-state index in [0.29, 0.717) is 26.1 Å². The van der Waals surface area contributed by atoms with Crippen molar-refractivity contribution < 1.29 is 18.1 Å². The predicted molar refractivity (Wildman–Crippen MR) is 110 cm³/mol. The summed E-state index contributed by atoms with van der Waals surface area (Å²) in [4.78, 5) is 14.6. The largest absolute Gasteiger partial charge is 0.351 e. The molecule has 2 N–H and O–H groups in total. The van der Waals surface area contributed by atoms with Crippen LogP contribution < -0.4 is 10.2 Å². The third kappa shape index (κ3) is 5.21. The summed E-state index contributed by atoms with van der Waals surface area (Å²) in [6.07, 6.45) is 1.48. The lowest BCUT2D eigenvalue weighted by Gasteiger charge is -2.15. The molecular weight excluding hydrogens is 396 g/mol. The summed E-state index contributed by atoms with van der Waals surface area (Å²) in [5.41, 5.74) is 3.03. The zero-order chi connectivity index (χ0) is 20.3. The Labute approximate surface area is 170 Å². The number of nitrogens with zero attached hydrogens (tertiary/aromatic N) is 2. The van der Waals surface area contributed by atoms with Gasteiger partial charge in [-0.15, -0.1) is 11.3 Å². The van der Waals surface area contributed by atoms with Crippen molar-refractivity contribution >= 4 is 27.1 Å². The third-order valence-corrected chi connectivity index (χ3v) is 7.93. The van der Waals surface area contributed by atoms with E-state index in [-0.39, 0.29) is 23.5 Å². The van der Waals surface area contributed by atoms with Gasteiger partial charge < -0.3 is 10.2 Å². The molecule has 1 aliphatic heterocycles. The molecule has 2 aromatic heterocycles. The molecule has 1 saturated heterocycles. The number of hydrogen-bond acceptors (Lipinski definition) is 5. The number of rotatable bonds is 8. The first-order valence-electron chi connectivity index (χ1n) is 9.60. The van der Waals surface area contributed by atoms with Gasteiger partial charge in [0, 0.05) is 17.1 Å². The number of thiophene rings is 1. The molecule has 0 aliphatic carbocycles. The van der Waals surface area contributed by atoms with E-state index in [9.17, 15) is 13.2 Å². The van der Waals surface area contributed by atoms with Crippen LogP contribution in [-0.4, -0.2) is 55.7 Å². The fourth-order valence-corrected chi connectivity index (χ4v) is 6.16. The van der Waals surface area contributed by atoms with E-state index in [2.05, 4.69) is 16.5 Å². The Morgan fingerprint density at radius 2 is 2.21 bits per heavy atom. The molecule has 0 saturated carbocycles. The van der Waals surface area contributed by atoms with Crippen molar-refractivity contribution in [3.63, 3.8) is 0 Å². The van der Waals surface area contributed by atoms with E-state index in [1.54, 1.807) is 11.3 Å². The van der Waals surface area contributed by atoms with Crippen LogP contribution in [0.4, 0.5) is 0 Å². The van der Waals surface area contributed by atoms with Crippen LogP contribution in [0.2, 0.25) is 0 Å². The molecule has 7 nitrogen and oxygen atoms in total. The third-order valence-electron chi connectivity index (χ3n) is 5.24. The number of aromatic nitrogens is 2. The summed E-state index contributed by atoms with van der Waals surface area (Å²) in [6.45, 7) is 5.69. The van der Waals surface area contributed by atoms with Crippen molar-refractivity contribution in [2.24, 2.45) is 0 Å². The van der Waals surface area contributed by atoms with E-state index in [4.69, 9.17) is 0 Å². The Morgan fingerprint density at radius 1 is 1.43 bits per heavy atom. The van der Waals surface area contributed by atoms with Gasteiger partial charge in [0.25, 0.3) is 5.91 Å². The molecule has 3 heterocycles. The number of aryl methyl sites for hydroxylation is 1. The smallest absolute Gasteiger partial charge is 0.275 e. The normalized spacial score (nSPS) is 19.6. The lowest BCUT2D eigenvalue weighted by molar-refractivity contribution is -0.885. The number of carbonyl (C=O) groups excluding carboxylic acids is 1. The maximum Gasteiger partial charge on any atom is 0.275 e. The lowest BCUT2D eigenvalue weighted by atomic mass is 10.1. The van der Waals surface area contributed by atoms with E-state index in [1.807, 2.05) is 37.0 Å². The molecule has 0 bridgehead atoms. The van der Waals surface area contributed by atoms with Gasteiger partial charge in [-0.1, -0.05) is 6.07 Å². The summed E-state index contributed by atoms with van der Waals surface area (Å²) in [5, 5.41) is 9.64. The molecule has 2 aromatic rings. The van der Waals surface area contributed by atoms with Gasteiger partial charge >= 0.3 is 0 Å². The van der Waals surface area contributed by atoms with Crippen LogP contribution in [-0.2, 0) is 27.6 Å². The van der Waals surface area contributed by atoms with Gasteiger partial charge in [0.2, 0.25) is 0 Å². The van der Waals surface area contributed by atoms with Crippen LogP contribution in [0.5, 0.6) is 0 Å². The number of quaternary nitrogens is 1. The summed E-state index contributed by atoms with van der Waals surface area (Å²) < 4.78 is 25.5. The van der Waals surface area contributed by atoms with E-state index >= 15 is 0 Å². The monoisotopic (exact) mass is 425 g/mol. The molecule has 3 rings (SSSR count). The highest BCUT2D eigenvalue weighted by molar-refractivity contribution is 7.91. The fourth-order valence-electron chi connectivity index (χ4n) is 3.76. The van der Waals surface area contributed by atoms with E-state index in [0.717, 1.165) is 28.3 Å². The quantitative estimate of drug-likeness (QED) is 0.637. The maximum absolute atomic E-state index is 12.2. The highest BCUT2D eigenvalue weighted by atomic mass is 32.2. The standard InChI is InChI=1S/C19H28N4O3S2/c1-14-18(15(2)23(21-14)16-7-10-28(25,26)13-16)11-22(3)12-19(24)20-8-6-17-5-4-9-27-17/h4-5,9,16H,6-8,10-13H2,1-3H3,(H,20,24)/p+1/t16-/m1/s1. The number of sulfone groups is 1. The van der Waals surface area contributed by atoms with Crippen molar-refractivity contribution in [2.75, 3.05) is 31.6 Å². The molecule has 28 heavy (non-hydrogen) atoms. The van der Waals surface area contributed by atoms with Gasteiger partial charge in [0.05, 0.1) is 35.9 Å². The van der Waals surface area contributed by atoms with Gasteiger partial charge in [-0.25, -0.2) is 8.42 Å². The van der Waals surface area contributed by atoms with Gasteiger partial charge in [0.1, 0.15) is 6.54 Å². The van der Waals surface area contributed by atoms with E-state index in [1.165, 1.54) is 4.88 Å². The molecule has 1 unspecified atom stereocenters.